The molecular formula is C16H21Cl2N3S. The van der Waals surface area contributed by atoms with Crippen molar-refractivity contribution in [1.29, 1.82) is 0 Å². The van der Waals surface area contributed by atoms with E-state index >= 15 is 0 Å². The molecular weight excluding hydrogens is 337 g/mol. The first-order chi connectivity index (χ1) is 9.81. The number of rotatable bonds is 4. The molecule has 0 bridgehead atoms. The minimum absolute atomic E-state index is 0. The van der Waals surface area contributed by atoms with Crippen LogP contribution in [0.4, 0.5) is 5.13 Å². The zero-order chi connectivity index (χ0) is 13.8. The molecule has 3 rings (SSSR count). The molecule has 1 aromatic heterocycles. The van der Waals surface area contributed by atoms with Crippen molar-refractivity contribution in [2.75, 3.05) is 25.4 Å². The molecule has 0 unspecified atom stereocenters. The molecule has 6 heteroatoms. The van der Waals surface area contributed by atoms with Crippen molar-refractivity contribution < 1.29 is 0 Å². The minimum atomic E-state index is 0. The maximum absolute atomic E-state index is 5.72. The summed E-state index contributed by atoms with van der Waals surface area (Å²) in [6, 6.07) is 10.7. The number of thiazole rings is 1. The molecule has 0 saturated carbocycles. The van der Waals surface area contributed by atoms with Gasteiger partial charge in [0, 0.05) is 25.0 Å². The van der Waals surface area contributed by atoms with Crippen LogP contribution < -0.4 is 5.73 Å². The van der Waals surface area contributed by atoms with Gasteiger partial charge in [0.1, 0.15) is 0 Å². The van der Waals surface area contributed by atoms with Crippen LogP contribution >= 0.6 is 36.2 Å². The number of hydrogen-bond acceptors (Lipinski definition) is 4. The topological polar surface area (TPSA) is 42.1 Å². The third-order valence-electron chi connectivity index (χ3n) is 3.64. The number of hydrogen-bond donors (Lipinski definition) is 1. The molecule has 2 heterocycles. The molecule has 0 aliphatic carbocycles. The Morgan fingerprint density at radius 2 is 1.95 bits per heavy atom. The van der Waals surface area contributed by atoms with Crippen LogP contribution in [0.2, 0.25) is 0 Å². The number of aromatic nitrogens is 1. The summed E-state index contributed by atoms with van der Waals surface area (Å²) in [5.74, 6) is 0. The van der Waals surface area contributed by atoms with E-state index in [-0.39, 0.29) is 24.8 Å². The van der Waals surface area contributed by atoms with Gasteiger partial charge in [0.25, 0.3) is 0 Å². The summed E-state index contributed by atoms with van der Waals surface area (Å²) in [7, 11) is 0. The largest absolute Gasteiger partial charge is 0.375 e. The molecule has 2 N–H and O–H groups in total. The van der Waals surface area contributed by atoms with Crippen molar-refractivity contribution in [3.8, 4) is 0 Å². The Morgan fingerprint density at radius 3 is 2.64 bits per heavy atom. The van der Waals surface area contributed by atoms with Crippen molar-refractivity contribution in [3.05, 3.63) is 53.0 Å². The Bertz CT molecular complexity index is 598. The van der Waals surface area contributed by atoms with Crippen molar-refractivity contribution in [2.45, 2.75) is 12.8 Å². The van der Waals surface area contributed by atoms with Gasteiger partial charge in [0.2, 0.25) is 0 Å². The Kier molecular flexibility index (Phi) is 7.90. The standard InChI is InChI=1S/C16H19N3S.2ClH/c17-16-18-15(12-20-16)14-7-4-9-19(11-14)10-8-13-5-2-1-3-6-13;;/h1-3,5-7,12H,4,8-11H2,(H2,17,18);2*1H. The molecule has 0 atom stereocenters. The van der Waals surface area contributed by atoms with Gasteiger partial charge < -0.3 is 5.73 Å². The fraction of sp³-hybridized carbons (Fsp3) is 0.312. The van der Waals surface area contributed by atoms with Gasteiger partial charge in [-0.1, -0.05) is 36.4 Å². The highest BCUT2D eigenvalue weighted by Gasteiger charge is 2.15. The van der Waals surface area contributed by atoms with E-state index in [1.165, 1.54) is 22.5 Å². The van der Waals surface area contributed by atoms with Gasteiger partial charge in [-0.15, -0.1) is 36.2 Å². The number of benzene rings is 1. The van der Waals surface area contributed by atoms with Crippen molar-refractivity contribution in [1.82, 2.24) is 9.88 Å². The third-order valence-corrected chi connectivity index (χ3v) is 4.31. The summed E-state index contributed by atoms with van der Waals surface area (Å²) < 4.78 is 0. The number of nitrogen functional groups attached to an aromatic ring is 1. The van der Waals surface area contributed by atoms with Gasteiger partial charge in [0.05, 0.1) is 5.69 Å². The highest BCUT2D eigenvalue weighted by atomic mass is 35.5. The van der Waals surface area contributed by atoms with Crippen LogP contribution in [0.1, 0.15) is 17.7 Å². The Balaban J connectivity index is 0.00000121. The summed E-state index contributed by atoms with van der Waals surface area (Å²) in [4.78, 5) is 6.89. The second-order valence-corrected chi connectivity index (χ2v) is 5.99. The number of anilines is 1. The first-order valence-corrected chi connectivity index (χ1v) is 7.86. The lowest BCUT2D eigenvalue weighted by Gasteiger charge is -2.26. The highest BCUT2D eigenvalue weighted by Crippen LogP contribution is 2.23. The lowest BCUT2D eigenvalue weighted by atomic mass is 10.1. The number of halogens is 2. The van der Waals surface area contributed by atoms with E-state index < -0.39 is 0 Å². The zero-order valence-electron chi connectivity index (χ0n) is 12.3. The summed E-state index contributed by atoms with van der Waals surface area (Å²) in [5, 5.41) is 2.71. The van der Waals surface area contributed by atoms with E-state index in [9.17, 15) is 0 Å². The first-order valence-electron chi connectivity index (χ1n) is 6.98. The van der Waals surface area contributed by atoms with Crippen LogP contribution in [0.15, 0.2) is 41.8 Å². The minimum Gasteiger partial charge on any atom is -0.375 e. The van der Waals surface area contributed by atoms with Crippen molar-refractivity contribution in [2.24, 2.45) is 0 Å². The first kappa shape index (κ1) is 19.0. The van der Waals surface area contributed by atoms with E-state index in [1.807, 2.05) is 0 Å². The predicted octanol–water partition coefficient (Wildman–Crippen LogP) is 3.90. The number of nitrogens with zero attached hydrogens (tertiary/aromatic N) is 2. The van der Waals surface area contributed by atoms with Gasteiger partial charge in [-0.05, 0) is 24.0 Å². The molecule has 1 aliphatic heterocycles. The molecule has 3 nitrogen and oxygen atoms in total. The van der Waals surface area contributed by atoms with Gasteiger partial charge in [-0.25, -0.2) is 4.98 Å². The molecule has 22 heavy (non-hydrogen) atoms. The Labute approximate surface area is 148 Å². The zero-order valence-corrected chi connectivity index (χ0v) is 14.7. The van der Waals surface area contributed by atoms with Gasteiger partial charge in [-0.2, -0.15) is 0 Å². The van der Waals surface area contributed by atoms with E-state index in [4.69, 9.17) is 5.73 Å². The predicted molar refractivity (Wildman–Crippen MR) is 100 cm³/mol. The molecule has 0 spiro atoms. The fourth-order valence-corrected chi connectivity index (χ4v) is 3.14. The summed E-state index contributed by atoms with van der Waals surface area (Å²) in [6.45, 7) is 3.22. The monoisotopic (exact) mass is 357 g/mol. The molecule has 1 aromatic carbocycles. The van der Waals surface area contributed by atoms with E-state index in [0.29, 0.717) is 5.13 Å². The average molecular weight is 358 g/mol. The lowest BCUT2D eigenvalue weighted by molar-refractivity contribution is 0.308. The van der Waals surface area contributed by atoms with Crippen LogP contribution in [0.25, 0.3) is 5.57 Å². The average Bonchev–Trinajstić information content (AvgIpc) is 2.93. The lowest BCUT2D eigenvalue weighted by Crippen LogP contribution is -2.31. The Hall–Kier alpha value is -1.07. The molecule has 0 fully saturated rings. The van der Waals surface area contributed by atoms with Crippen molar-refractivity contribution >= 4 is 46.9 Å². The number of nitrogens with two attached hydrogens (primary N) is 1. The smallest absolute Gasteiger partial charge is 0.180 e. The second kappa shape index (κ2) is 9.16. The van der Waals surface area contributed by atoms with Gasteiger partial charge in [-0.3, -0.25) is 4.90 Å². The van der Waals surface area contributed by atoms with Crippen LogP contribution in [-0.4, -0.2) is 29.5 Å². The molecule has 1 aliphatic rings. The fourth-order valence-electron chi connectivity index (χ4n) is 2.55. The van der Waals surface area contributed by atoms with E-state index in [2.05, 4.69) is 51.7 Å². The normalized spacial score (nSPS) is 14.6. The van der Waals surface area contributed by atoms with Gasteiger partial charge >= 0.3 is 0 Å². The third kappa shape index (κ3) is 4.99. The molecule has 120 valence electrons. The highest BCUT2D eigenvalue weighted by molar-refractivity contribution is 7.13. The molecule has 0 amide bonds. The van der Waals surface area contributed by atoms with E-state index in [1.54, 1.807) is 0 Å². The van der Waals surface area contributed by atoms with E-state index in [0.717, 1.165) is 38.2 Å². The molecule has 0 saturated heterocycles. The van der Waals surface area contributed by atoms with Crippen LogP contribution in [0, 0.1) is 0 Å². The second-order valence-electron chi connectivity index (χ2n) is 5.10. The van der Waals surface area contributed by atoms with Crippen molar-refractivity contribution in [3.63, 3.8) is 0 Å². The summed E-state index contributed by atoms with van der Waals surface area (Å²) >= 11 is 1.52. The SMILES string of the molecule is Cl.Cl.Nc1nc(C2=CCCN(CCc3ccccc3)C2)cs1. The quantitative estimate of drug-likeness (QED) is 0.901. The summed E-state index contributed by atoms with van der Waals surface area (Å²) in [5.41, 5.74) is 9.49. The maximum atomic E-state index is 5.72. The molecule has 0 radical (unpaired) electrons. The van der Waals surface area contributed by atoms with Gasteiger partial charge in [0.15, 0.2) is 5.13 Å². The van der Waals surface area contributed by atoms with Crippen LogP contribution in [-0.2, 0) is 6.42 Å². The molecule has 2 aromatic rings. The van der Waals surface area contributed by atoms with Crippen LogP contribution in [0.3, 0.4) is 0 Å². The maximum Gasteiger partial charge on any atom is 0.180 e. The van der Waals surface area contributed by atoms with Crippen LogP contribution in [0.5, 0.6) is 0 Å². The summed E-state index contributed by atoms with van der Waals surface area (Å²) in [6.07, 6.45) is 4.50. The Morgan fingerprint density at radius 1 is 1.18 bits per heavy atom.